The summed E-state index contributed by atoms with van der Waals surface area (Å²) in [6.07, 6.45) is 3.64. The number of halogens is 2. The Labute approximate surface area is 114 Å². The molecular weight excluding hydrogens is 255 g/mol. The molecule has 1 N–H and O–H groups in total. The van der Waals surface area contributed by atoms with Crippen molar-refractivity contribution in [2.24, 2.45) is 0 Å². The Morgan fingerprint density at radius 2 is 1.41 bits per heavy atom. The molecule has 0 bridgehead atoms. The maximum atomic E-state index is 4.03. The Morgan fingerprint density at radius 3 is 1.94 bits per heavy atom. The predicted octanol–water partition coefficient (Wildman–Crippen LogP) is 3.23. The first kappa shape index (κ1) is 15.9. The molecule has 2 aromatic rings. The number of nitrogens with one attached hydrogen (secondary N) is 1. The highest BCUT2D eigenvalue weighted by molar-refractivity contribution is 5.85. The lowest BCUT2D eigenvalue weighted by Crippen LogP contribution is -2.17. The Hall–Kier alpha value is -1.09. The highest BCUT2D eigenvalue weighted by atomic mass is 35.5. The van der Waals surface area contributed by atoms with Crippen molar-refractivity contribution in [1.82, 2.24) is 10.3 Å². The normalized spacial score (nSPS) is 10.9. The summed E-state index contributed by atoms with van der Waals surface area (Å²) in [5, 5.41) is 3.31. The van der Waals surface area contributed by atoms with E-state index in [1.54, 1.807) is 0 Å². The van der Waals surface area contributed by atoms with Gasteiger partial charge in [-0.25, -0.2) is 0 Å². The minimum Gasteiger partial charge on any atom is -0.309 e. The van der Waals surface area contributed by atoms with E-state index in [0.717, 1.165) is 0 Å². The molecule has 0 saturated heterocycles. The third-order valence-electron chi connectivity index (χ3n) is 2.46. The van der Waals surface area contributed by atoms with Gasteiger partial charge in [0.05, 0.1) is 6.04 Å². The van der Waals surface area contributed by atoms with Gasteiger partial charge in [0.1, 0.15) is 0 Å². The molecule has 2 nitrogen and oxygen atoms in total. The summed E-state index contributed by atoms with van der Waals surface area (Å²) in [6.45, 7) is 0. The van der Waals surface area contributed by atoms with Crippen LogP contribution in [0.4, 0.5) is 0 Å². The summed E-state index contributed by atoms with van der Waals surface area (Å²) in [5.41, 5.74) is 2.50. The number of pyridine rings is 1. The van der Waals surface area contributed by atoms with Crippen LogP contribution >= 0.6 is 24.8 Å². The molecule has 0 saturated carbocycles. The molecule has 0 aliphatic rings. The van der Waals surface area contributed by atoms with E-state index in [0.29, 0.717) is 0 Å². The second kappa shape index (κ2) is 8.07. The molecule has 17 heavy (non-hydrogen) atoms. The summed E-state index contributed by atoms with van der Waals surface area (Å²) in [4.78, 5) is 4.03. The van der Waals surface area contributed by atoms with Crippen molar-refractivity contribution in [1.29, 1.82) is 0 Å². The SMILES string of the molecule is CNC(c1ccccc1)c1ccncc1.Cl.Cl. The first-order valence-electron chi connectivity index (χ1n) is 5.04. The first-order valence-corrected chi connectivity index (χ1v) is 5.04. The van der Waals surface area contributed by atoms with Gasteiger partial charge >= 0.3 is 0 Å². The Morgan fingerprint density at radius 1 is 0.882 bits per heavy atom. The summed E-state index contributed by atoms with van der Waals surface area (Å²) < 4.78 is 0. The third-order valence-corrected chi connectivity index (χ3v) is 2.46. The van der Waals surface area contributed by atoms with Gasteiger partial charge in [-0.3, -0.25) is 4.98 Å². The van der Waals surface area contributed by atoms with Crippen molar-refractivity contribution in [3.63, 3.8) is 0 Å². The average molecular weight is 271 g/mol. The van der Waals surface area contributed by atoms with Gasteiger partial charge in [0.15, 0.2) is 0 Å². The van der Waals surface area contributed by atoms with Gasteiger partial charge in [-0.1, -0.05) is 30.3 Å². The van der Waals surface area contributed by atoms with Crippen molar-refractivity contribution in [2.75, 3.05) is 7.05 Å². The first-order chi connectivity index (χ1) is 7.42. The molecular formula is C13H16Cl2N2. The molecule has 92 valence electrons. The maximum Gasteiger partial charge on any atom is 0.0575 e. The van der Waals surface area contributed by atoms with Crippen LogP contribution in [0.1, 0.15) is 17.2 Å². The monoisotopic (exact) mass is 270 g/mol. The number of aromatic nitrogens is 1. The molecule has 1 aromatic heterocycles. The molecule has 4 heteroatoms. The topological polar surface area (TPSA) is 24.9 Å². The zero-order chi connectivity index (χ0) is 10.5. The lowest BCUT2D eigenvalue weighted by atomic mass is 10.0. The fourth-order valence-electron chi connectivity index (χ4n) is 1.73. The van der Waals surface area contributed by atoms with Crippen LogP contribution in [0.3, 0.4) is 0 Å². The number of benzene rings is 1. The van der Waals surface area contributed by atoms with Crippen LogP contribution < -0.4 is 5.32 Å². The predicted molar refractivity (Wildman–Crippen MR) is 76.1 cm³/mol. The van der Waals surface area contributed by atoms with Crippen LogP contribution in [-0.2, 0) is 0 Å². The number of hydrogen-bond donors (Lipinski definition) is 1. The number of rotatable bonds is 3. The molecule has 0 spiro atoms. The standard InChI is InChI=1S/C13H14N2.2ClH/c1-14-13(11-5-3-2-4-6-11)12-7-9-15-10-8-12;;/h2-10,13-14H,1H3;2*1H. The zero-order valence-corrected chi connectivity index (χ0v) is 11.2. The smallest absolute Gasteiger partial charge is 0.0575 e. The van der Waals surface area contributed by atoms with Crippen molar-refractivity contribution < 1.29 is 0 Å². The Balaban J connectivity index is 0.00000128. The minimum atomic E-state index is 0. The van der Waals surface area contributed by atoms with E-state index in [-0.39, 0.29) is 30.9 Å². The average Bonchev–Trinajstić information content (AvgIpc) is 2.33. The largest absolute Gasteiger partial charge is 0.309 e. The van der Waals surface area contributed by atoms with Gasteiger partial charge in [-0.05, 0) is 30.3 Å². The van der Waals surface area contributed by atoms with Crippen molar-refractivity contribution in [2.45, 2.75) is 6.04 Å². The van der Waals surface area contributed by atoms with Gasteiger partial charge in [-0.15, -0.1) is 24.8 Å². The van der Waals surface area contributed by atoms with Crippen LogP contribution in [0, 0.1) is 0 Å². The molecule has 1 heterocycles. The van der Waals surface area contributed by atoms with Crippen LogP contribution in [-0.4, -0.2) is 12.0 Å². The van der Waals surface area contributed by atoms with Crippen LogP contribution in [0.5, 0.6) is 0 Å². The third kappa shape index (κ3) is 4.00. The van der Waals surface area contributed by atoms with E-state index in [9.17, 15) is 0 Å². The summed E-state index contributed by atoms with van der Waals surface area (Å²) in [6, 6.07) is 14.7. The molecule has 0 aliphatic carbocycles. The fourth-order valence-corrected chi connectivity index (χ4v) is 1.73. The van der Waals surface area contributed by atoms with Gasteiger partial charge in [0.2, 0.25) is 0 Å². The molecule has 0 fully saturated rings. The molecule has 1 aromatic carbocycles. The van der Waals surface area contributed by atoms with Crippen LogP contribution in [0.2, 0.25) is 0 Å². The molecule has 2 rings (SSSR count). The Kier molecular flexibility index (Phi) is 7.55. The van der Waals surface area contributed by atoms with E-state index in [1.807, 2.05) is 37.6 Å². The molecule has 0 aliphatic heterocycles. The van der Waals surface area contributed by atoms with Gasteiger partial charge < -0.3 is 5.32 Å². The van der Waals surface area contributed by atoms with E-state index in [2.05, 4.69) is 34.6 Å². The highest BCUT2D eigenvalue weighted by Crippen LogP contribution is 2.20. The van der Waals surface area contributed by atoms with Crippen molar-refractivity contribution >= 4 is 24.8 Å². The Bertz CT molecular complexity index is 367. The summed E-state index contributed by atoms with van der Waals surface area (Å²) in [5.74, 6) is 0. The van der Waals surface area contributed by atoms with Crippen LogP contribution in [0.25, 0.3) is 0 Å². The van der Waals surface area contributed by atoms with Crippen molar-refractivity contribution in [3.05, 3.63) is 66.0 Å². The van der Waals surface area contributed by atoms with Crippen molar-refractivity contribution in [3.8, 4) is 0 Å². The maximum absolute atomic E-state index is 4.03. The van der Waals surface area contributed by atoms with E-state index in [1.165, 1.54) is 11.1 Å². The fraction of sp³-hybridized carbons (Fsp3) is 0.154. The second-order valence-corrected chi connectivity index (χ2v) is 3.41. The van der Waals surface area contributed by atoms with Crippen LogP contribution in [0.15, 0.2) is 54.9 Å². The number of hydrogen-bond acceptors (Lipinski definition) is 2. The quantitative estimate of drug-likeness (QED) is 0.927. The van der Waals surface area contributed by atoms with E-state index in [4.69, 9.17) is 0 Å². The highest BCUT2D eigenvalue weighted by Gasteiger charge is 2.09. The van der Waals surface area contributed by atoms with Gasteiger partial charge in [0.25, 0.3) is 0 Å². The molecule has 0 amide bonds. The lowest BCUT2D eigenvalue weighted by molar-refractivity contribution is 0.691. The minimum absolute atomic E-state index is 0. The molecule has 1 atom stereocenters. The number of nitrogens with zero attached hydrogens (tertiary/aromatic N) is 1. The molecule has 0 radical (unpaired) electrons. The van der Waals surface area contributed by atoms with E-state index >= 15 is 0 Å². The lowest BCUT2D eigenvalue weighted by Gasteiger charge is -2.16. The summed E-state index contributed by atoms with van der Waals surface area (Å²) >= 11 is 0. The second-order valence-electron chi connectivity index (χ2n) is 3.41. The van der Waals surface area contributed by atoms with Gasteiger partial charge in [0, 0.05) is 12.4 Å². The van der Waals surface area contributed by atoms with E-state index < -0.39 is 0 Å². The summed E-state index contributed by atoms with van der Waals surface area (Å²) in [7, 11) is 1.97. The molecule has 1 unspecified atom stereocenters. The van der Waals surface area contributed by atoms with Gasteiger partial charge in [-0.2, -0.15) is 0 Å². The zero-order valence-electron chi connectivity index (χ0n) is 9.54.